The van der Waals surface area contributed by atoms with Gasteiger partial charge in [0.1, 0.15) is 11.4 Å². The third kappa shape index (κ3) is 3.96. The Balaban J connectivity index is 1.74. The van der Waals surface area contributed by atoms with E-state index in [4.69, 9.17) is 9.84 Å². The molecule has 0 bridgehead atoms. The van der Waals surface area contributed by atoms with Crippen molar-refractivity contribution in [3.8, 4) is 22.7 Å². The normalized spacial score (nSPS) is 10.9. The van der Waals surface area contributed by atoms with Crippen molar-refractivity contribution in [2.24, 2.45) is 0 Å². The number of ether oxygens (including phenoxy) is 1. The lowest BCUT2D eigenvalue weighted by Gasteiger charge is -2.05. The summed E-state index contributed by atoms with van der Waals surface area (Å²) < 4.78 is 7.04. The van der Waals surface area contributed by atoms with Gasteiger partial charge < -0.3 is 10.1 Å². The monoisotopic (exact) mass is 401 g/mol. The molecule has 152 valence electrons. The van der Waals surface area contributed by atoms with Gasteiger partial charge in [0.2, 0.25) is 0 Å². The second kappa shape index (κ2) is 8.24. The summed E-state index contributed by atoms with van der Waals surface area (Å²) in [6.07, 6.45) is 1.73. The summed E-state index contributed by atoms with van der Waals surface area (Å²) >= 11 is 0. The third-order valence-corrected chi connectivity index (χ3v) is 4.78. The molecule has 0 aliphatic carbocycles. The number of aromatic nitrogens is 4. The molecular formula is C23H23N5O2. The molecule has 4 rings (SSSR count). The van der Waals surface area contributed by atoms with E-state index in [2.05, 4.69) is 29.4 Å². The van der Waals surface area contributed by atoms with Gasteiger partial charge in [-0.3, -0.25) is 9.89 Å². The average molecular weight is 401 g/mol. The molecule has 2 aromatic carbocycles. The van der Waals surface area contributed by atoms with Gasteiger partial charge in [-0.2, -0.15) is 10.2 Å². The minimum atomic E-state index is -0.281. The van der Waals surface area contributed by atoms with Crippen molar-refractivity contribution in [1.29, 1.82) is 0 Å². The molecule has 1 amide bonds. The minimum Gasteiger partial charge on any atom is -0.497 e. The smallest absolute Gasteiger partial charge is 0.260 e. The van der Waals surface area contributed by atoms with E-state index in [1.54, 1.807) is 18.0 Å². The second-order valence-electron chi connectivity index (χ2n) is 7.22. The molecule has 7 heteroatoms. The van der Waals surface area contributed by atoms with E-state index < -0.39 is 0 Å². The number of carbonyl (C=O) groups excluding carboxylic acids is 1. The number of nitrogens with zero attached hydrogens (tertiary/aromatic N) is 3. The Morgan fingerprint density at radius 3 is 2.60 bits per heavy atom. The predicted molar refractivity (Wildman–Crippen MR) is 116 cm³/mol. The lowest BCUT2D eigenvalue weighted by Crippen LogP contribution is -2.12. The summed E-state index contributed by atoms with van der Waals surface area (Å²) in [6, 6.07) is 19.0. The number of hydrogen-bond donors (Lipinski definition) is 2. The highest BCUT2D eigenvalue weighted by Crippen LogP contribution is 2.27. The highest BCUT2D eigenvalue weighted by Gasteiger charge is 2.20. The number of para-hydroxylation sites is 1. The maximum atomic E-state index is 13.1. The van der Waals surface area contributed by atoms with Crippen LogP contribution in [0.4, 0.5) is 5.82 Å². The molecule has 7 nitrogen and oxygen atoms in total. The number of hydrogen-bond acceptors (Lipinski definition) is 4. The lowest BCUT2D eigenvalue weighted by atomic mass is 10.1. The highest BCUT2D eigenvalue weighted by molar-refractivity contribution is 6.07. The summed E-state index contributed by atoms with van der Waals surface area (Å²) in [5.41, 5.74) is 3.62. The first kappa shape index (κ1) is 19.4. The molecule has 2 aromatic heterocycles. The van der Waals surface area contributed by atoms with Crippen LogP contribution in [-0.4, -0.2) is 33.0 Å². The van der Waals surface area contributed by atoms with Gasteiger partial charge in [0.05, 0.1) is 18.4 Å². The lowest BCUT2D eigenvalue weighted by molar-refractivity contribution is 0.102. The highest BCUT2D eigenvalue weighted by atomic mass is 16.5. The Kier molecular flexibility index (Phi) is 5.34. The molecule has 0 saturated carbocycles. The number of H-pyrrole nitrogens is 1. The fraction of sp³-hybridized carbons (Fsp3) is 0.174. The van der Waals surface area contributed by atoms with Gasteiger partial charge in [-0.15, -0.1) is 0 Å². The first-order valence-electron chi connectivity index (χ1n) is 9.71. The number of aromatic amines is 1. The van der Waals surface area contributed by atoms with Crippen LogP contribution in [0, 0.1) is 0 Å². The molecular weight excluding hydrogens is 378 g/mol. The zero-order valence-electron chi connectivity index (χ0n) is 17.1. The zero-order valence-corrected chi connectivity index (χ0v) is 17.1. The van der Waals surface area contributed by atoms with E-state index in [1.165, 1.54) is 0 Å². The molecule has 0 aliphatic heterocycles. The number of rotatable bonds is 6. The number of amides is 1. The maximum Gasteiger partial charge on any atom is 0.260 e. The van der Waals surface area contributed by atoms with Gasteiger partial charge in [-0.05, 0) is 30.2 Å². The molecule has 2 N–H and O–H groups in total. The summed E-state index contributed by atoms with van der Waals surface area (Å²) in [7, 11) is 1.61. The van der Waals surface area contributed by atoms with E-state index in [0.29, 0.717) is 22.8 Å². The molecule has 0 radical (unpaired) electrons. The van der Waals surface area contributed by atoms with Crippen LogP contribution in [0.5, 0.6) is 5.75 Å². The number of benzene rings is 2. The van der Waals surface area contributed by atoms with Gasteiger partial charge in [0, 0.05) is 23.5 Å². The van der Waals surface area contributed by atoms with Crippen molar-refractivity contribution in [3.05, 3.63) is 78.1 Å². The number of methoxy groups -OCH3 is 1. The number of nitrogens with one attached hydrogen (secondary N) is 2. The molecule has 0 spiro atoms. The van der Waals surface area contributed by atoms with E-state index >= 15 is 0 Å². The Morgan fingerprint density at radius 2 is 1.90 bits per heavy atom. The van der Waals surface area contributed by atoms with E-state index in [-0.39, 0.29) is 11.8 Å². The van der Waals surface area contributed by atoms with Gasteiger partial charge in [-0.25, -0.2) is 4.68 Å². The molecule has 0 fully saturated rings. The van der Waals surface area contributed by atoms with Gasteiger partial charge in [0.15, 0.2) is 5.82 Å². The molecule has 0 unspecified atom stereocenters. The predicted octanol–water partition coefficient (Wildman–Crippen LogP) is 4.65. The van der Waals surface area contributed by atoms with Crippen molar-refractivity contribution in [2.45, 2.75) is 19.8 Å². The van der Waals surface area contributed by atoms with Crippen LogP contribution < -0.4 is 10.1 Å². The van der Waals surface area contributed by atoms with Crippen LogP contribution in [-0.2, 0) is 0 Å². The van der Waals surface area contributed by atoms with Gasteiger partial charge in [-0.1, -0.05) is 44.2 Å². The maximum absolute atomic E-state index is 13.1. The van der Waals surface area contributed by atoms with E-state index in [9.17, 15) is 4.79 Å². The molecule has 0 aliphatic rings. The molecule has 2 heterocycles. The second-order valence-corrected chi connectivity index (χ2v) is 7.22. The molecule has 30 heavy (non-hydrogen) atoms. The standard InChI is InChI=1S/C23H23N5O2/c1-15(2)20-13-21(26-25-20)24-23(29)19-14-28(17-9-5-4-6-10-17)27-22(19)16-8-7-11-18(12-16)30-3/h4-15H,1-3H3,(H2,24,25,26,29). The van der Waals surface area contributed by atoms with Gasteiger partial charge in [0.25, 0.3) is 5.91 Å². The number of anilines is 1. The summed E-state index contributed by atoms with van der Waals surface area (Å²) in [5, 5.41) is 14.7. The first-order chi connectivity index (χ1) is 14.5. The summed E-state index contributed by atoms with van der Waals surface area (Å²) in [4.78, 5) is 13.1. The van der Waals surface area contributed by atoms with Crippen LogP contribution in [0.25, 0.3) is 16.9 Å². The fourth-order valence-electron chi connectivity index (χ4n) is 3.12. The quantitative estimate of drug-likeness (QED) is 0.493. The average Bonchev–Trinajstić information content (AvgIpc) is 3.42. The van der Waals surface area contributed by atoms with Crippen LogP contribution in [0.2, 0.25) is 0 Å². The van der Waals surface area contributed by atoms with Gasteiger partial charge >= 0.3 is 0 Å². The van der Waals surface area contributed by atoms with Crippen molar-refractivity contribution in [2.75, 3.05) is 12.4 Å². The third-order valence-electron chi connectivity index (χ3n) is 4.78. The van der Waals surface area contributed by atoms with Crippen molar-refractivity contribution in [1.82, 2.24) is 20.0 Å². The van der Waals surface area contributed by atoms with E-state index in [1.807, 2.05) is 60.7 Å². The fourth-order valence-corrected chi connectivity index (χ4v) is 3.12. The van der Waals surface area contributed by atoms with Crippen molar-refractivity contribution in [3.63, 3.8) is 0 Å². The first-order valence-corrected chi connectivity index (χ1v) is 9.71. The largest absolute Gasteiger partial charge is 0.497 e. The Hall–Kier alpha value is -3.87. The van der Waals surface area contributed by atoms with Crippen LogP contribution in [0.15, 0.2) is 66.9 Å². The van der Waals surface area contributed by atoms with Crippen LogP contribution in [0.3, 0.4) is 0 Å². The Bertz CT molecular complexity index is 1160. The minimum absolute atomic E-state index is 0.281. The molecule has 0 atom stereocenters. The Labute approximate surface area is 174 Å². The zero-order chi connectivity index (χ0) is 21.1. The molecule has 0 saturated heterocycles. The van der Waals surface area contributed by atoms with E-state index in [0.717, 1.165) is 16.9 Å². The van der Waals surface area contributed by atoms with Crippen LogP contribution >= 0.6 is 0 Å². The molecule has 4 aromatic rings. The SMILES string of the molecule is COc1cccc(-c2nn(-c3ccccc3)cc2C(=O)Nc2cc(C(C)C)[nH]n2)c1. The Morgan fingerprint density at radius 1 is 1.10 bits per heavy atom. The summed E-state index contributed by atoms with van der Waals surface area (Å²) in [6.45, 7) is 4.12. The number of carbonyl (C=O) groups is 1. The van der Waals surface area contributed by atoms with Crippen molar-refractivity contribution < 1.29 is 9.53 Å². The summed E-state index contributed by atoms with van der Waals surface area (Å²) in [5.74, 6) is 1.18. The van der Waals surface area contributed by atoms with Crippen molar-refractivity contribution >= 4 is 11.7 Å². The topological polar surface area (TPSA) is 84.8 Å². The van der Waals surface area contributed by atoms with Crippen LogP contribution in [0.1, 0.15) is 35.8 Å².